The predicted molar refractivity (Wildman–Crippen MR) is 103 cm³/mol. The molecule has 0 atom stereocenters. The van der Waals surface area contributed by atoms with E-state index in [1.54, 1.807) is 0 Å². The maximum absolute atomic E-state index is 12.0. The lowest BCUT2D eigenvalue weighted by atomic mass is 10.2. The Morgan fingerprint density at radius 2 is 1.81 bits per heavy atom. The summed E-state index contributed by atoms with van der Waals surface area (Å²) >= 11 is 3.84. The molecule has 0 aliphatic carbocycles. The summed E-state index contributed by atoms with van der Waals surface area (Å²) < 4.78 is 5.92. The molecule has 6 nitrogen and oxygen atoms in total. The van der Waals surface area contributed by atoms with Crippen LogP contribution >= 0.6 is 23.5 Å². The average molecular weight is 391 g/mol. The fourth-order valence-electron chi connectivity index (χ4n) is 2.38. The quantitative estimate of drug-likeness (QED) is 0.648. The highest BCUT2D eigenvalue weighted by atomic mass is 32.2. The van der Waals surface area contributed by atoms with Crippen LogP contribution in [0.1, 0.15) is 20.5 Å². The Hall–Kier alpha value is -2.32. The third kappa shape index (κ3) is 4.64. The SMILES string of the molecule is O=C(COc1ccc(C2SCCS2)cc1)Nc1ccc(C(=O)O)cc1O. The Kier molecular flexibility index (Phi) is 5.95. The molecule has 1 amide bonds. The van der Waals surface area contributed by atoms with Crippen LogP contribution in [0.15, 0.2) is 42.5 Å². The van der Waals surface area contributed by atoms with Gasteiger partial charge in [-0.15, -0.1) is 23.5 Å². The van der Waals surface area contributed by atoms with E-state index in [4.69, 9.17) is 9.84 Å². The number of hydrogen-bond acceptors (Lipinski definition) is 6. The first-order chi connectivity index (χ1) is 12.5. The number of ether oxygens (including phenoxy) is 1. The van der Waals surface area contributed by atoms with E-state index >= 15 is 0 Å². The van der Waals surface area contributed by atoms with Gasteiger partial charge >= 0.3 is 5.97 Å². The molecule has 3 rings (SSSR count). The number of carbonyl (C=O) groups is 2. The number of thioether (sulfide) groups is 2. The number of carbonyl (C=O) groups excluding carboxylic acids is 1. The molecule has 0 unspecified atom stereocenters. The summed E-state index contributed by atoms with van der Waals surface area (Å²) in [6.45, 7) is -0.216. The van der Waals surface area contributed by atoms with Crippen LogP contribution in [0, 0.1) is 0 Å². The summed E-state index contributed by atoms with van der Waals surface area (Å²) in [5.74, 6) is 0.993. The largest absolute Gasteiger partial charge is 0.506 e. The second-order valence-electron chi connectivity index (χ2n) is 5.52. The fraction of sp³-hybridized carbons (Fsp3) is 0.222. The van der Waals surface area contributed by atoms with E-state index in [0.717, 1.165) is 17.6 Å². The minimum absolute atomic E-state index is 0.0598. The van der Waals surface area contributed by atoms with Crippen LogP contribution in [0.25, 0.3) is 0 Å². The standard InChI is InChI=1S/C18H17NO5S2/c20-15-9-12(17(22)23)3-6-14(15)19-16(21)10-24-13-4-1-11(2-5-13)18-25-7-8-26-18/h1-6,9,18,20H,7-8,10H2,(H,19,21)(H,22,23). The van der Waals surface area contributed by atoms with E-state index in [0.29, 0.717) is 10.3 Å². The number of rotatable bonds is 6. The summed E-state index contributed by atoms with van der Waals surface area (Å²) in [7, 11) is 0. The molecule has 0 spiro atoms. The van der Waals surface area contributed by atoms with Crippen molar-refractivity contribution in [2.24, 2.45) is 0 Å². The number of hydrogen-bond donors (Lipinski definition) is 3. The van der Waals surface area contributed by atoms with Crippen molar-refractivity contribution in [3.8, 4) is 11.5 Å². The first kappa shape index (κ1) is 18.5. The Morgan fingerprint density at radius 1 is 1.12 bits per heavy atom. The summed E-state index contributed by atoms with van der Waals surface area (Å²) in [5.41, 5.74) is 1.31. The Morgan fingerprint density at radius 3 is 2.42 bits per heavy atom. The third-order valence-electron chi connectivity index (χ3n) is 3.66. The monoisotopic (exact) mass is 391 g/mol. The van der Waals surface area contributed by atoms with Gasteiger partial charge in [0.25, 0.3) is 5.91 Å². The van der Waals surface area contributed by atoms with Crippen LogP contribution in [0.3, 0.4) is 0 Å². The molecule has 1 fully saturated rings. The number of aromatic carboxylic acids is 1. The van der Waals surface area contributed by atoms with Crippen molar-refractivity contribution in [2.45, 2.75) is 4.58 Å². The second kappa shape index (κ2) is 8.37. The molecule has 8 heteroatoms. The number of benzene rings is 2. The van der Waals surface area contributed by atoms with Gasteiger partial charge in [0.2, 0.25) is 0 Å². The third-order valence-corrected chi connectivity index (χ3v) is 6.77. The molecule has 3 N–H and O–H groups in total. The lowest BCUT2D eigenvalue weighted by Crippen LogP contribution is -2.20. The number of aromatic hydroxyl groups is 1. The van der Waals surface area contributed by atoms with Gasteiger partial charge in [0.05, 0.1) is 15.8 Å². The molecule has 0 radical (unpaired) electrons. The lowest BCUT2D eigenvalue weighted by Gasteiger charge is -2.11. The van der Waals surface area contributed by atoms with Gasteiger partial charge in [-0.05, 0) is 35.9 Å². The van der Waals surface area contributed by atoms with E-state index in [2.05, 4.69) is 5.32 Å². The lowest BCUT2D eigenvalue weighted by molar-refractivity contribution is -0.118. The van der Waals surface area contributed by atoms with Crippen molar-refractivity contribution in [1.82, 2.24) is 0 Å². The molecule has 1 saturated heterocycles. The zero-order valence-corrected chi connectivity index (χ0v) is 15.3. The zero-order chi connectivity index (χ0) is 18.5. The number of phenolic OH excluding ortho intramolecular Hbond substituents is 1. The molecule has 26 heavy (non-hydrogen) atoms. The van der Waals surface area contributed by atoms with Crippen LogP contribution in [-0.2, 0) is 4.79 Å². The van der Waals surface area contributed by atoms with Gasteiger partial charge in [0.15, 0.2) is 6.61 Å². The van der Waals surface area contributed by atoms with Crippen molar-refractivity contribution >= 4 is 41.1 Å². The minimum atomic E-state index is -1.15. The van der Waals surface area contributed by atoms with Crippen molar-refractivity contribution in [2.75, 3.05) is 23.4 Å². The van der Waals surface area contributed by atoms with E-state index < -0.39 is 11.9 Å². The first-order valence-corrected chi connectivity index (χ1v) is 9.95. The Balaban J connectivity index is 1.53. The highest BCUT2D eigenvalue weighted by Gasteiger charge is 2.18. The van der Waals surface area contributed by atoms with Crippen LogP contribution in [0.4, 0.5) is 5.69 Å². The molecule has 1 aliphatic heterocycles. The molecular weight excluding hydrogens is 374 g/mol. The van der Waals surface area contributed by atoms with Crippen molar-refractivity contribution in [3.63, 3.8) is 0 Å². The molecule has 2 aromatic rings. The van der Waals surface area contributed by atoms with Crippen molar-refractivity contribution in [3.05, 3.63) is 53.6 Å². The number of phenols is 1. The average Bonchev–Trinajstić information content (AvgIpc) is 3.16. The van der Waals surface area contributed by atoms with E-state index in [1.165, 1.54) is 17.7 Å². The number of anilines is 1. The summed E-state index contributed by atoms with van der Waals surface area (Å²) in [6, 6.07) is 11.4. The number of carboxylic acids is 1. The number of carboxylic acid groups (broad SMARTS) is 1. The maximum atomic E-state index is 12.0. The molecular formula is C18H17NO5S2. The molecule has 2 aromatic carbocycles. The molecule has 0 aromatic heterocycles. The number of nitrogens with one attached hydrogen (secondary N) is 1. The molecule has 136 valence electrons. The first-order valence-electron chi connectivity index (χ1n) is 7.85. The predicted octanol–water partition coefficient (Wildman–Crippen LogP) is 3.59. The smallest absolute Gasteiger partial charge is 0.335 e. The van der Waals surface area contributed by atoms with Gasteiger partial charge in [0, 0.05) is 11.5 Å². The van der Waals surface area contributed by atoms with Gasteiger partial charge in [-0.2, -0.15) is 0 Å². The van der Waals surface area contributed by atoms with Crippen LogP contribution < -0.4 is 10.1 Å². The maximum Gasteiger partial charge on any atom is 0.335 e. The fourth-order valence-corrected chi connectivity index (χ4v) is 5.24. The van der Waals surface area contributed by atoms with E-state index in [1.807, 2.05) is 47.8 Å². The van der Waals surface area contributed by atoms with Crippen molar-refractivity contribution < 1.29 is 24.5 Å². The van der Waals surface area contributed by atoms with Gasteiger partial charge in [-0.3, -0.25) is 4.79 Å². The molecule has 1 heterocycles. The second-order valence-corrected chi connectivity index (χ2v) is 8.24. The summed E-state index contributed by atoms with van der Waals surface area (Å²) in [6.07, 6.45) is 0. The Bertz CT molecular complexity index is 804. The van der Waals surface area contributed by atoms with Crippen LogP contribution in [-0.4, -0.2) is 40.2 Å². The minimum Gasteiger partial charge on any atom is -0.506 e. The van der Waals surface area contributed by atoms with Gasteiger partial charge in [-0.25, -0.2) is 4.79 Å². The molecule has 1 aliphatic rings. The van der Waals surface area contributed by atoms with Crippen LogP contribution in [0.2, 0.25) is 0 Å². The normalized spacial score (nSPS) is 14.2. The van der Waals surface area contributed by atoms with Gasteiger partial charge in [-0.1, -0.05) is 12.1 Å². The zero-order valence-electron chi connectivity index (χ0n) is 13.7. The van der Waals surface area contributed by atoms with Crippen molar-refractivity contribution in [1.29, 1.82) is 0 Å². The van der Waals surface area contributed by atoms with Gasteiger partial charge < -0.3 is 20.3 Å². The van der Waals surface area contributed by atoms with Crippen LogP contribution in [0.5, 0.6) is 11.5 Å². The Labute approximate surface area is 158 Å². The highest BCUT2D eigenvalue weighted by molar-refractivity contribution is 8.19. The summed E-state index contributed by atoms with van der Waals surface area (Å²) in [4.78, 5) is 22.8. The topological polar surface area (TPSA) is 95.9 Å². The van der Waals surface area contributed by atoms with E-state index in [-0.39, 0.29) is 23.6 Å². The number of amides is 1. The molecule has 0 bridgehead atoms. The molecule has 0 saturated carbocycles. The van der Waals surface area contributed by atoms with E-state index in [9.17, 15) is 14.7 Å². The summed E-state index contributed by atoms with van der Waals surface area (Å²) in [5, 5.41) is 21.1. The van der Waals surface area contributed by atoms with Gasteiger partial charge in [0.1, 0.15) is 11.5 Å². The highest BCUT2D eigenvalue weighted by Crippen LogP contribution is 2.45.